The van der Waals surface area contributed by atoms with Crippen LogP contribution in [0.5, 0.6) is 0 Å². The fraction of sp³-hybridized carbons (Fsp3) is 0.200. The zero-order chi connectivity index (χ0) is 16.4. The largest absolute Gasteiger partial charge is 0.444 e. The van der Waals surface area contributed by atoms with Crippen LogP contribution in [0, 0.1) is 13.8 Å². The Hall–Kier alpha value is -3.16. The molecule has 0 unspecified atom stereocenters. The molecule has 1 aliphatic rings. The molecule has 0 atom stereocenters. The monoisotopic (exact) mass is 314 g/mol. The number of anilines is 1. The number of carbonyl (C=O) groups is 1. The van der Waals surface area contributed by atoms with Gasteiger partial charge in [0.05, 0.1) is 0 Å². The first-order chi connectivity index (χ1) is 11.0. The lowest BCUT2D eigenvalue weighted by molar-refractivity contribution is 0.150. The minimum atomic E-state index is -0.457. The summed E-state index contributed by atoms with van der Waals surface area (Å²) in [5.41, 5.74) is 4.00. The molecule has 0 saturated heterocycles. The van der Waals surface area contributed by atoms with Gasteiger partial charge in [0.1, 0.15) is 12.4 Å². The van der Waals surface area contributed by atoms with E-state index in [9.17, 15) is 9.59 Å². The molecule has 8 nitrogen and oxygen atoms in total. The Labute approximate surface area is 130 Å². The third-order valence-corrected chi connectivity index (χ3v) is 3.37. The van der Waals surface area contributed by atoms with Crippen LogP contribution >= 0.6 is 0 Å². The van der Waals surface area contributed by atoms with Crippen LogP contribution in [0.3, 0.4) is 0 Å². The highest BCUT2D eigenvalue weighted by molar-refractivity contribution is 5.86. The summed E-state index contributed by atoms with van der Waals surface area (Å²) in [6.07, 6.45) is 2.86. The maximum absolute atomic E-state index is 10.8. The van der Waals surface area contributed by atoms with Crippen molar-refractivity contribution >= 4 is 23.1 Å². The van der Waals surface area contributed by atoms with Crippen LogP contribution in [0.1, 0.15) is 16.7 Å². The number of fused-ring (bicyclic) bond motifs is 2. The number of carbonyl (C=O) groups excluding carboxylic acids is 1. The number of aromatic nitrogens is 3. The van der Waals surface area contributed by atoms with Gasteiger partial charge in [0.15, 0.2) is 11.2 Å². The zero-order valence-electron chi connectivity index (χ0n) is 12.5. The molecule has 0 radical (unpaired) electrons. The molecule has 8 heteroatoms. The van der Waals surface area contributed by atoms with Crippen LogP contribution in [0.4, 0.5) is 10.6 Å². The fourth-order valence-electron chi connectivity index (χ4n) is 2.13. The average Bonchev–Trinajstić information content (AvgIpc) is 2.90. The van der Waals surface area contributed by atoms with E-state index in [4.69, 9.17) is 9.15 Å². The van der Waals surface area contributed by atoms with Gasteiger partial charge >= 0.3 is 11.8 Å². The van der Waals surface area contributed by atoms with Crippen LogP contribution < -0.4 is 11.1 Å². The summed E-state index contributed by atoms with van der Waals surface area (Å²) in [5.74, 6) is 0.160. The molecule has 118 valence electrons. The van der Waals surface area contributed by atoms with Gasteiger partial charge in [-0.25, -0.2) is 19.6 Å². The maximum Gasteiger partial charge on any atom is 0.418 e. The second-order valence-corrected chi connectivity index (χ2v) is 4.98. The molecule has 1 amide bonds. The average molecular weight is 314 g/mol. The lowest BCUT2D eigenvalue weighted by atomic mass is 10.1. The van der Waals surface area contributed by atoms with E-state index in [1.165, 1.54) is 0 Å². The predicted molar refractivity (Wildman–Crippen MR) is 82.1 cm³/mol. The summed E-state index contributed by atoms with van der Waals surface area (Å²) < 4.78 is 9.62. The molecule has 23 heavy (non-hydrogen) atoms. The zero-order valence-corrected chi connectivity index (χ0v) is 12.5. The van der Waals surface area contributed by atoms with Gasteiger partial charge in [-0.15, -0.1) is 0 Å². The van der Waals surface area contributed by atoms with Crippen molar-refractivity contribution in [3.05, 3.63) is 51.8 Å². The van der Waals surface area contributed by atoms with Gasteiger partial charge in [-0.3, -0.25) is 10.3 Å². The number of ether oxygens (including phenoxy) is 1. The molecule has 2 N–H and O–H groups in total. The number of nitrogens with one attached hydrogen (secondary N) is 2. The third kappa shape index (κ3) is 3.05. The normalized spacial score (nSPS) is 12.7. The molecule has 0 spiro atoms. The Balaban J connectivity index is 0.000000136. The molecule has 3 aromatic heterocycles. The van der Waals surface area contributed by atoms with E-state index in [2.05, 4.69) is 20.3 Å². The van der Waals surface area contributed by atoms with E-state index in [0.29, 0.717) is 23.7 Å². The Morgan fingerprint density at radius 1 is 1.09 bits per heavy atom. The van der Waals surface area contributed by atoms with Crippen LogP contribution in [-0.2, 0) is 11.3 Å². The van der Waals surface area contributed by atoms with E-state index in [0.717, 1.165) is 16.7 Å². The summed E-state index contributed by atoms with van der Waals surface area (Å²) in [6, 6.07) is 3.68. The van der Waals surface area contributed by atoms with Crippen LogP contribution in [0.2, 0.25) is 0 Å². The van der Waals surface area contributed by atoms with E-state index in [1.54, 1.807) is 18.5 Å². The van der Waals surface area contributed by atoms with Crippen molar-refractivity contribution < 1.29 is 13.9 Å². The lowest BCUT2D eigenvalue weighted by Crippen LogP contribution is -2.21. The SMILES string of the molecule is Cc1ccnc2[nH]c(=O)oc12.Cc1ccnc2c1COC(=O)N2. The number of hydrogen-bond donors (Lipinski definition) is 2. The Bertz CT molecular complexity index is 929. The summed E-state index contributed by atoms with van der Waals surface area (Å²) in [6.45, 7) is 4.14. The number of oxazole rings is 1. The maximum atomic E-state index is 10.8. The summed E-state index contributed by atoms with van der Waals surface area (Å²) in [5, 5.41) is 2.53. The molecular weight excluding hydrogens is 300 g/mol. The number of rotatable bonds is 0. The lowest BCUT2D eigenvalue weighted by Gasteiger charge is -2.17. The number of H-pyrrole nitrogens is 1. The number of aryl methyl sites for hydroxylation is 2. The van der Waals surface area contributed by atoms with E-state index >= 15 is 0 Å². The number of nitrogens with zero attached hydrogens (tertiary/aromatic N) is 2. The summed E-state index contributed by atoms with van der Waals surface area (Å²) >= 11 is 0. The molecule has 0 aromatic carbocycles. The van der Waals surface area contributed by atoms with Gasteiger partial charge in [0.25, 0.3) is 0 Å². The minimum absolute atomic E-state index is 0.320. The predicted octanol–water partition coefficient (Wildman–Crippen LogP) is 2.28. The van der Waals surface area contributed by atoms with Crippen molar-refractivity contribution in [2.75, 3.05) is 5.32 Å². The van der Waals surface area contributed by atoms with Crippen molar-refractivity contribution in [3.8, 4) is 0 Å². The highest BCUT2D eigenvalue weighted by atomic mass is 16.5. The van der Waals surface area contributed by atoms with E-state index in [-0.39, 0.29) is 0 Å². The van der Waals surface area contributed by atoms with Crippen LogP contribution in [0.25, 0.3) is 11.2 Å². The Morgan fingerprint density at radius 3 is 2.61 bits per heavy atom. The van der Waals surface area contributed by atoms with Crippen molar-refractivity contribution in [2.24, 2.45) is 0 Å². The Morgan fingerprint density at radius 2 is 1.83 bits per heavy atom. The molecule has 0 bridgehead atoms. The molecule has 4 rings (SSSR count). The van der Waals surface area contributed by atoms with Gasteiger partial charge in [0.2, 0.25) is 0 Å². The van der Waals surface area contributed by atoms with Gasteiger partial charge < -0.3 is 9.15 Å². The van der Waals surface area contributed by atoms with Crippen LogP contribution in [-0.4, -0.2) is 21.0 Å². The second-order valence-electron chi connectivity index (χ2n) is 4.98. The second kappa shape index (κ2) is 5.91. The molecule has 1 aliphatic heterocycles. The molecule has 0 fully saturated rings. The quantitative estimate of drug-likeness (QED) is 0.658. The van der Waals surface area contributed by atoms with Gasteiger partial charge in [-0.05, 0) is 37.1 Å². The summed E-state index contributed by atoms with van der Waals surface area (Å²) in [7, 11) is 0. The van der Waals surface area contributed by atoms with Crippen molar-refractivity contribution in [1.29, 1.82) is 0 Å². The number of hydrogen-bond acceptors (Lipinski definition) is 6. The molecule has 4 heterocycles. The molecular formula is C15H14N4O4. The van der Waals surface area contributed by atoms with Gasteiger partial charge in [-0.2, -0.15) is 0 Å². The number of amides is 1. The van der Waals surface area contributed by atoms with E-state index in [1.807, 2.05) is 19.9 Å². The minimum Gasteiger partial charge on any atom is -0.444 e. The first-order valence-electron chi connectivity index (χ1n) is 6.87. The highest BCUT2D eigenvalue weighted by Crippen LogP contribution is 2.21. The number of pyridine rings is 2. The standard InChI is InChI=1S/C8H8N2O2.C7H6N2O2/c1-5-2-3-9-7-6(5)4-12-8(11)10-7;1-4-2-3-8-6-5(4)11-7(10)9-6/h2-3H,4H2,1H3,(H,9,10,11);2-3H,1H3,(H,8,9,10). The smallest absolute Gasteiger partial charge is 0.418 e. The van der Waals surface area contributed by atoms with Crippen molar-refractivity contribution in [1.82, 2.24) is 15.0 Å². The summed E-state index contributed by atoms with van der Waals surface area (Å²) in [4.78, 5) is 31.8. The number of aromatic amines is 1. The highest BCUT2D eigenvalue weighted by Gasteiger charge is 2.17. The molecule has 0 aliphatic carbocycles. The topological polar surface area (TPSA) is 110 Å². The first-order valence-corrected chi connectivity index (χ1v) is 6.87. The van der Waals surface area contributed by atoms with Crippen LogP contribution in [0.15, 0.2) is 33.7 Å². The molecule has 0 saturated carbocycles. The third-order valence-electron chi connectivity index (χ3n) is 3.37. The first kappa shape index (κ1) is 14.8. The fourth-order valence-corrected chi connectivity index (χ4v) is 2.13. The number of cyclic esters (lactones) is 1. The van der Waals surface area contributed by atoms with Crippen molar-refractivity contribution in [3.63, 3.8) is 0 Å². The van der Waals surface area contributed by atoms with Gasteiger partial charge in [0, 0.05) is 18.0 Å². The van der Waals surface area contributed by atoms with Gasteiger partial charge in [-0.1, -0.05) is 0 Å². The van der Waals surface area contributed by atoms with Crippen molar-refractivity contribution in [2.45, 2.75) is 20.5 Å². The van der Waals surface area contributed by atoms with E-state index < -0.39 is 11.8 Å². The Kier molecular flexibility index (Phi) is 3.80. The molecule has 3 aromatic rings.